The lowest BCUT2D eigenvalue weighted by Crippen LogP contribution is -2.52. The molecule has 0 saturated heterocycles. The average molecular weight is 238 g/mol. The zero-order chi connectivity index (χ0) is 12.5. The number of rotatable bonds is 6. The highest BCUT2D eigenvalue weighted by Crippen LogP contribution is 2.46. The molecule has 2 aliphatic rings. The molecular formula is C14H26N2O. The number of hydrogen-bond donors (Lipinski definition) is 2. The van der Waals surface area contributed by atoms with Gasteiger partial charge in [-0.3, -0.25) is 4.79 Å². The van der Waals surface area contributed by atoms with E-state index in [1.165, 1.54) is 19.3 Å². The van der Waals surface area contributed by atoms with Crippen molar-refractivity contribution in [2.75, 3.05) is 6.54 Å². The zero-order valence-corrected chi connectivity index (χ0v) is 11.2. The lowest BCUT2D eigenvalue weighted by Gasteiger charge is -2.42. The molecule has 98 valence electrons. The Balaban J connectivity index is 1.92. The van der Waals surface area contributed by atoms with Crippen LogP contribution in [-0.2, 0) is 4.79 Å². The lowest BCUT2D eigenvalue weighted by atomic mass is 9.64. The highest BCUT2D eigenvalue weighted by Gasteiger charge is 2.45. The number of hydrogen-bond acceptors (Lipinski definition) is 2. The van der Waals surface area contributed by atoms with Gasteiger partial charge in [0.15, 0.2) is 0 Å². The molecule has 0 aliphatic heterocycles. The summed E-state index contributed by atoms with van der Waals surface area (Å²) in [4.78, 5) is 12.4. The van der Waals surface area contributed by atoms with Crippen molar-refractivity contribution in [3.63, 3.8) is 0 Å². The second-order valence-electron chi connectivity index (χ2n) is 6.38. The molecule has 0 bridgehead atoms. The Bertz CT molecular complexity index is 280. The molecule has 0 aromatic carbocycles. The van der Waals surface area contributed by atoms with Crippen LogP contribution in [0, 0.1) is 17.3 Å². The van der Waals surface area contributed by atoms with E-state index in [1.54, 1.807) is 0 Å². The van der Waals surface area contributed by atoms with E-state index >= 15 is 0 Å². The van der Waals surface area contributed by atoms with Gasteiger partial charge in [-0.2, -0.15) is 0 Å². The van der Waals surface area contributed by atoms with Gasteiger partial charge in [0.05, 0.1) is 0 Å². The van der Waals surface area contributed by atoms with Gasteiger partial charge in [0.25, 0.3) is 0 Å². The van der Waals surface area contributed by atoms with Gasteiger partial charge in [-0.25, -0.2) is 0 Å². The third-order valence-corrected chi connectivity index (χ3v) is 4.35. The van der Waals surface area contributed by atoms with Crippen molar-refractivity contribution in [3.05, 3.63) is 0 Å². The topological polar surface area (TPSA) is 55.1 Å². The van der Waals surface area contributed by atoms with E-state index in [0.717, 1.165) is 19.3 Å². The van der Waals surface area contributed by atoms with Crippen LogP contribution in [0.4, 0.5) is 0 Å². The first kappa shape index (κ1) is 12.9. The highest BCUT2D eigenvalue weighted by atomic mass is 16.2. The maximum Gasteiger partial charge on any atom is 0.226 e. The second kappa shape index (κ2) is 4.97. The molecule has 1 amide bonds. The maximum absolute atomic E-state index is 12.4. The standard InChI is InChI=1S/C14H26N2O/c1-10(2)8-14(6-3-7-14)13(17)16-12(9-15)11-4-5-11/h10-12H,3-9,15H2,1-2H3,(H,16,17). The minimum Gasteiger partial charge on any atom is -0.351 e. The smallest absolute Gasteiger partial charge is 0.226 e. The molecule has 2 aliphatic carbocycles. The molecule has 3 nitrogen and oxygen atoms in total. The fourth-order valence-electron chi connectivity index (χ4n) is 3.10. The number of carbonyl (C=O) groups is 1. The molecular weight excluding hydrogens is 212 g/mol. The van der Waals surface area contributed by atoms with Gasteiger partial charge >= 0.3 is 0 Å². The normalized spacial score (nSPS) is 24.2. The van der Waals surface area contributed by atoms with Crippen LogP contribution in [-0.4, -0.2) is 18.5 Å². The average Bonchev–Trinajstić information content (AvgIpc) is 3.02. The summed E-state index contributed by atoms with van der Waals surface area (Å²) in [6, 6.07) is 0.229. The van der Waals surface area contributed by atoms with E-state index in [0.29, 0.717) is 18.4 Å². The molecule has 0 aromatic heterocycles. The van der Waals surface area contributed by atoms with E-state index in [-0.39, 0.29) is 17.4 Å². The Morgan fingerprint density at radius 2 is 2.06 bits per heavy atom. The Labute approximate surface area is 105 Å². The van der Waals surface area contributed by atoms with E-state index in [1.807, 2.05) is 0 Å². The van der Waals surface area contributed by atoms with Crippen molar-refractivity contribution in [1.82, 2.24) is 5.32 Å². The van der Waals surface area contributed by atoms with Crippen LogP contribution < -0.4 is 11.1 Å². The van der Waals surface area contributed by atoms with Gasteiger partial charge in [-0.05, 0) is 43.9 Å². The van der Waals surface area contributed by atoms with Gasteiger partial charge in [0.1, 0.15) is 0 Å². The minimum absolute atomic E-state index is 0.0591. The zero-order valence-electron chi connectivity index (χ0n) is 11.2. The van der Waals surface area contributed by atoms with E-state index in [4.69, 9.17) is 5.73 Å². The van der Waals surface area contributed by atoms with Gasteiger partial charge in [0, 0.05) is 18.0 Å². The van der Waals surface area contributed by atoms with Gasteiger partial charge in [-0.1, -0.05) is 20.3 Å². The lowest BCUT2D eigenvalue weighted by molar-refractivity contribution is -0.138. The first-order valence-electron chi connectivity index (χ1n) is 7.08. The Morgan fingerprint density at radius 1 is 1.41 bits per heavy atom. The van der Waals surface area contributed by atoms with Crippen LogP contribution in [0.25, 0.3) is 0 Å². The fourth-order valence-corrected chi connectivity index (χ4v) is 3.10. The summed E-state index contributed by atoms with van der Waals surface area (Å²) in [5.41, 5.74) is 5.69. The number of amides is 1. The number of nitrogens with one attached hydrogen (secondary N) is 1. The molecule has 3 N–H and O–H groups in total. The molecule has 0 aromatic rings. The number of carbonyl (C=O) groups excluding carboxylic acids is 1. The van der Waals surface area contributed by atoms with Crippen molar-refractivity contribution in [2.24, 2.45) is 23.0 Å². The van der Waals surface area contributed by atoms with Crippen LogP contribution in [0.3, 0.4) is 0 Å². The monoisotopic (exact) mass is 238 g/mol. The summed E-state index contributed by atoms with van der Waals surface area (Å²) in [5, 5.41) is 3.21. The molecule has 0 heterocycles. The van der Waals surface area contributed by atoms with E-state index < -0.39 is 0 Å². The largest absolute Gasteiger partial charge is 0.351 e. The Morgan fingerprint density at radius 3 is 2.41 bits per heavy atom. The van der Waals surface area contributed by atoms with Gasteiger partial charge < -0.3 is 11.1 Å². The van der Waals surface area contributed by atoms with E-state index in [9.17, 15) is 4.79 Å². The summed E-state index contributed by atoms with van der Waals surface area (Å²) in [6.45, 7) is 5.00. The third-order valence-electron chi connectivity index (χ3n) is 4.35. The van der Waals surface area contributed by atoms with E-state index in [2.05, 4.69) is 19.2 Å². The molecule has 3 heteroatoms. The first-order valence-corrected chi connectivity index (χ1v) is 7.08. The van der Waals surface area contributed by atoms with Crippen molar-refractivity contribution in [1.29, 1.82) is 0 Å². The highest BCUT2D eigenvalue weighted by molar-refractivity contribution is 5.83. The van der Waals surface area contributed by atoms with Crippen LogP contribution in [0.1, 0.15) is 52.4 Å². The fraction of sp³-hybridized carbons (Fsp3) is 0.929. The summed E-state index contributed by atoms with van der Waals surface area (Å²) in [6.07, 6.45) is 6.84. The minimum atomic E-state index is -0.0591. The second-order valence-corrected chi connectivity index (χ2v) is 6.38. The molecule has 0 radical (unpaired) electrons. The maximum atomic E-state index is 12.4. The first-order chi connectivity index (χ1) is 8.07. The molecule has 2 fully saturated rings. The molecule has 2 saturated carbocycles. The quantitative estimate of drug-likeness (QED) is 0.744. The van der Waals surface area contributed by atoms with Crippen LogP contribution in [0.5, 0.6) is 0 Å². The summed E-state index contributed by atoms with van der Waals surface area (Å²) >= 11 is 0. The SMILES string of the molecule is CC(C)CC1(C(=O)NC(CN)C2CC2)CCC1. The van der Waals surface area contributed by atoms with Gasteiger partial charge in [0.2, 0.25) is 5.91 Å². The predicted octanol–water partition coefficient (Wildman–Crippen LogP) is 2.06. The van der Waals surface area contributed by atoms with Crippen LogP contribution in [0.2, 0.25) is 0 Å². The summed E-state index contributed by atoms with van der Waals surface area (Å²) < 4.78 is 0. The summed E-state index contributed by atoms with van der Waals surface area (Å²) in [7, 11) is 0. The van der Waals surface area contributed by atoms with Crippen molar-refractivity contribution < 1.29 is 4.79 Å². The summed E-state index contributed by atoms with van der Waals surface area (Å²) in [5.74, 6) is 1.53. The van der Waals surface area contributed by atoms with Crippen molar-refractivity contribution in [3.8, 4) is 0 Å². The molecule has 0 spiro atoms. The Hall–Kier alpha value is -0.570. The van der Waals surface area contributed by atoms with Crippen molar-refractivity contribution >= 4 is 5.91 Å². The predicted molar refractivity (Wildman–Crippen MR) is 69.4 cm³/mol. The molecule has 1 atom stereocenters. The third kappa shape index (κ3) is 2.82. The Kier molecular flexibility index (Phi) is 3.76. The molecule has 17 heavy (non-hydrogen) atoms. The van der Waals surface area contributed by atoms with Crippen LogP contribution in [0.15, 0.2) is 0 Å². The van der Waals surface area contributed by atoms with Crippen molar-refractivity contribution in [2.45, 2.75) is 58.4 Å². The number of nitrogens with two attached hydrogens (primary N) is 1. The molecule has 1 unspecified atom stereocenters. The molecule has 2 rings (SSSR count). The van der Waals surface area contributed by atoms with Gasteiger partial charge in [-0.15, -0.1) is 0 Å². The van der Waals surface area contributed by atoms with Crippen LogP contribution >= 0.6 is 0 Å².